The molecule has 0 unspecified atom stereocenters. The third-order valence-electron chi connectivity index (χ3n) is 6.67. The molecule has 2 aliphatic carbocycles. The van der Waals surface area contributed by atoms with Crippen LogP contribution in [0.1, 0.15) is 59.9 Å². The van der Waals surface area contributed by atoms with Crippen LogP contribution in [0.5, 0.6) is 0 Å². The smallest absolute Gasteiger partial charge is 0.339 e. The van der Waals surface area contributed by atoms with Crippen LogP contribution in [0, 0.1) is 0 Å². The Kier molecular flexibility index (Phi) is 5.18. The van der Waals surface area contributed by atoms with Gasteiger partial charge in [-0.25, -0.2) is 4.79 Å². The molecule has 1 heterocycles. The van der Waals surface area contributed by atoms with Crippen LogP contribution in [0.3, 0.4) is 0 Å². The highest BCUT2D eigenvalue weighted by atomic mass is 16.5. The van der Waals surface area contributed by atoms with Gasteiger partial charge in [0.25, 0.3) is 5.91 Å². The van der Waals surface area contributed by atoms with E-state index in [9.17, 15) is 19.2 Å². The highest BCUT2D eigenvalue weighted by Gasteiger charge is 2.30. The molecular formula is C29H20N2O5. The van der Waals surface area contributed by atoms with E-state index < -0.39 is 18.5 Å². The second kappa shape index (κ2) is 8.53. The first-order chi connectivity index (χ1) is 17.5. The number of aromatic nitrogens is 1. The summed E-state index contributed by atoms with van der Waals surface area (Å²) in [5.41, 5.74) is 4.55. The Morgan fingerprint density at radius 1 is 0.833 bits per heavy atom. The Hall–Kier alpha value is -4.65. The summed E-state index contributed by atoms with van der Waals surface area (Å²) in [6, 6.07) is 18.6. The van der Waals surface area contributed by atoms with Gasteiger partial charge >= 0.3 is 5.97 Å². The van der Waals surface area contributed by atoms with E-state index in [4.69, 9.17) is 4.74 Å². The van der Waals surface area contributed by atoms with Gasteiger partial charge in [-0.15, -0.1) is 0 Å². The molecule has 6 rings (SSSR count). The second-order valence-corrected chi connectivity index (χ2v) is 8.87. The maximum Gasteiger partial charge on any atom is 0.339 e. The van der Waals surface area contributed by atoms with Crippen molar-refractivity contribution in [3.05, 3.63) is 106 Å². The van der Waals surface area contributed by atoms with Gasteiger partial charge in [0.05, 0.1) is 11.1 Å². The molecule has 176 valence electrons. The Morgan fingerprint density at radius 3 is 2.33 bits per heavy atom. The van der Waals surface area contributed by atoms with Gasteiger partial charge in [-0.2, -0.15) is 0 Å². The van der Waals surface area contributed by atoms with Gasteiger partial charge in [0, 0.05) is 39.0 Å². The van der Waals surface area contributed by atoms with Gasteiger partial charge in [-0.3, -0.25) is 19.4 Å². The Bertz CT molecular complexity index is 1620. The van der Waals surface area contributed by atoms with Crippen LogP contribution in [-0.4, -0.2) is 35.0 Å². The van der Waals surface area contributed by atoms with Crippen LogP contribution in [0.4, 0.5) is 5.69 Å². The summed E-state index contributed by atoms with van der Waals surface area (Å²) in [6.07, 6.45) is 2.48. The summed E-state index contributed by atoms with van der Waals surface area (Å²) in [6.45, 7) is -0.489. The van der Waals surface area contributed by atoms with Gasteiger partial charge in [0.1, 0.15) is 0 Å². The quantitative estimate of drug-likeness (QED) is 0.388. The number of nitrogens with zero attached hydrogens (tertiary/aromatic N) is 1. The van der Waals surface area contributed by atoms with Crippen molar-refractivity contribution in [2.45, 2.75) is 19.3 Å². The monoisotopic (exact) mass is 476 g/mol. The SMILES string of the molecule is O=C(COC(=O)c1c2c(nc3ccccc13)CCC2)Nc1ccc2c(c1)C(=O)c1ccccc1C2=O. The molecule has 3 aromatic carbocycles. The Labute approximate surface area is 206 Å². The minimum atomic E-state index is -0.565. The minimum absolute atomic E-state index is 0.229. The zero-order chi connectivity index (χ0) is 24.8. The molecule has 7 nitrogen and oxygen atoms in total. The molecule has 0 atom stereocenters. The van der Waals surface area contributed by atoms with E-state index in [1.807, 2.05) is 24.3 Å². The number of anilines is 1. The molecule has 0 spiro atoms. The number of rotatable bonds is 4. The lowest BCUT2D eigenvalue weighted by atomic mass is 9.84. The van der Waals surface area contributed by atoms with Crippen LogP contribution in [0.2, 0.25) is 0 Å². The molecule has 4 aromatic rings. The largest absolute Gasteiger partial charge is 0.452 e. The number of ether oxygens (including phenoxy) is 1. The first kappa shape index (κ1) is 21.9. The van der Waals surface area contributed by atoms with Gasteiger partial charge in [-0.1, -0.05) is 42.5 Å². The lowest BCUT2D eigenvalue weighted by Gasteiger charge is -2.18. The van der Waals surface area contributed by atoms with E-state index in [-0.39, 0.29) is 17.1 Å². The fourth-order valence-corrected chi connectivity index (χ4v) is 5.02. The molecule has 0 bridgehead atoms. The number of aryl methyl sites for hydroxylation is 1. The highest BCUT2D eigenvalue weighted by molar-refractivity contribution is 6.28. The third-order valence-corrected chi connectivity index (χ3v) is 6.67. The number of hydrogen-bond acceptors (Lipinski definition) is 6. The topological polar surface area (TPSA) is 102 Å². The number of amides is 1. The predicted octanol–water partition coefficient (Wildman–Crippen LogP) is 4.29. The molecule has 0 saturated carbocycles. The maximum atomic E-state index is 13.1. The van der Waals surface area contributed by atoms with Crippen LogP contribution in [0.25, 0.3) is 10.9 Å². The van der Waals surface area contributed by atoms with Crippen LogP contribution in [0.15, 0.2) is 66.7 Å². The summed E-state index contributed by atoms with van der Waals surface area (Å²) < 4.78 is 5.39. The van der Waals surface area contributed by atoms with Crippen molar-refractivity contribution in [2.24, 2.45) is 0 Å². The number of esters is 1. The van der Waals surface area contributed by atoms with E-state index >= 15 is 0 Å². The van der Waals surface area contributed by atoms with E-state index in [1.165, 1.54) is 12.1 Å². The number of carbonyl (C=O) groups is 4. The number of nitrogens with one attached hydrogen (secondary N) is 1. The van der Waals surface area contributed by atoms with Gasteiger partial charge < -0.3 is 10.1 Å². The van der Waals surface area contributed by atoms with Crippen molar-refractivity contribution in [2.75, 3.05) is 11.9 Å². The zero-order valence-corrected chi connectivity index (χ0v) is 19.2. The minimum Gasteiger partial charge on any atom is -0.452 e. The summed E-state index contributed by atoms with van der Waals surface area (Å²) >= 11 is 0. The second-order valence-electron chi connectivity index (χ2n) is 8.87. The van der Waals surface area contributed by atoms with E-state index in [1.54, 1.807) is 30.3 Å². The fourth-order valence-electron chi connectivity index (χ4n) is 5.02. The summed E-state index contributed by atoms with van der Waals surface area (Å²) in [5, 5.41) is 3.37. The predicted molar refractivity (Wildman–Crippen MR) is 132 cm³/mol. The van der Waals surface area contributed by atoms with Crippen LogP contribution in [-0.2, 0) is 22.4 Å². The number of ketones is 2. The van der Waals surface area contributed by atoms with Crippen LogP contribution >= 0.6 is 0 Å². The van der Waals surface area contributed by atoms with E-state index in [2.05, 4.69) is 10.3 Å². The average molecular weight is 476 g/mol. The number of benzene rings is 3. The first-order valence-electron chi connectivity index (χ1n) is 11.7. The van der Waals surface area contributed by atoms with Crippen LogP contribution < -0.4 is 5.32 Å². The number of para-hydroxylation sites is 1. The summed E-state index contributed by atoms with van der Waals surface area (Å²) in [7, 11) is 0. The molecule has 36 heavy (non-hydrogen) atoms. The van der Waals surface area contributed by atoms with Crippen molar-refractivity contribution in [1.29, 1.82) is 0 Å². The van der Waals surface area contributed by atoms with Crippen molar-refractivity contribution in [1.82, 2.24) is 4.98 Å². The number of carbonyl (C=O) groups excluding carboxylic acids is 4. The van der Waals surface area contributed by atoms with E-state index in [0.29, 0.717) is 33.3 Å². The Morgan fingerprint density at radius 2 is 1.53 bits per heavy atom. The molecule has 0 radical (unpaired) electrons. The summed E-state index contributed by atoms with van der Waals surface area (Å²) in [4.78, 5) is 56.0. The molecule has 1 amide bonds. The standard InChI is InChI=1S/C29H20N2O5/c32-25(15-36-29(35)26-20-8-3-4-10-23(20)31-24-11-5-9-21(24)26)30-16-12-13-19-22(14-16)28(34)18-7-2-1-6-17(18)27(19)33/h1-4,6-8,10,12-14H,5,9,11,15H2,(H,30,32). The molecule has 7 heteroatoms. The lowest BCUT2D eigenvalue weighted by Crippen LogP contribution is -2.23. The zero-order valence-electron chi connectivity index (χ0n) is 19.2. The molecule has 0 saturated heterocycles. The van der Waals surface area contributed by atoms with E-state index in [0.717, 1.165) is 36.0 Å². The van der Waals surface area contributed by atoms with Crippen molar-refractivity contribution in [3.63, 3.8) is 0 Å². The lowest BCUT2D eigenvalue weighted by molar-refractivity contribution is -0.119. The van der Waals surface area contributed by atoms with Gasteiger partial charge in [-0.05, 0) is 49.1 Å². The maximum absolute atomic E-state index is 13.1. The average Bonchev–Trinajstić information content (AvgIpc) is 3.37. The molecule has 0 fully saturated rings. The highest BCUT2D eigenvalue weighted by Crippen LogP contribution is 2.31. The van der Waals surface area contributed by atoms with Gasteiger partial charge in [0.15, 0.2) is 18.2 Å². The normalized spacial score (nSPS) is 13.7. The molecule has 2 aliphatic rings. The third kappa shape index (κ3) is 3.56. The first-order valence-corrected chi connectivity index (χ1v) is 11.7. The van der Waals surface area contributed by atoms with Crippen molar-refractivity contribution in [3.8, 4) is 0 Å². The number of pyridine rings is 1. The molecule has 0 aliphatic heterocycles. The number of hydrogen-bond donors (Lipinski definition) is 1. The molecular weight excluding hydrogens is 456 g/mol. The van der Waals surface area contributed by atoms with Crippen molar-refractivity contribution >= 4 is 40.0 Å². The molecule has 1 aromatic heterocycles. The Balaban J connectivity index is 1.19. The van der Waals surface area contributed by atoms with Gasteiger partial charge in [0.2, 0.25) is 0 Å². The van der Waals surface area contributed by atoms with Crippen molar-refractivity contribution < 1.29 is 23.9 Å². The molecule has 1 N–H and O–H groups in total. The fraction of sp³-hybridized carbons (Fsp3) is 0.138. The number of fused-ring (bicyclic) bond motifs is 4. The summed E-state index contributed by atoms with van der Waals surface area (Å²) in [5.74, 6) is -1.62.